The Hall–Kier alpha value is -1.85. The lowest BCUT2D eigenvalue weighted by Gasteiger charge is -2.27. The van der Waals surface area contributed by atoms with Crippen molar-refractivity contribution in [2.24, 2.45) is 4.99 Å². The number of aliphatic imine (C=N–C) groups is 1. The van der Waals surface area contributed by atoms with Gasteiger partial charge >= 0.3 is 0 Å². The summed E-state index contributed by atoms with van der Waals surface area (Å²) in [6.45, 7) is 0. The van der Waals surface area contributed by atoms with Crippen LogP contribution in [0.2, 0.25) is 0 Å². The Labute approximate surface area is 122 Å². The number of benzene rings is 1. The predicted molar refractivity (Wildman–Crippen MR) is 75.1 cm³/mol. The minimum Gasteiger partial charge on any atom is -0.493 e. The number of isocyanates is 1. The van der Waals surface area contributed by atoms with Crippen molar-refractivity contribution in [3.8, 4) is 11.5 Å². The minimum atomic E-state index is -2.92. The molecule has 0 aromatic heterocycles. The highest BCUT2D eigenvalue weighted by Gasteiger charge is 2.45. The summed E-state index contributed by atoms with van der Waals surface area (Å²) in [7, 11) is -1.40. The molecule has 3 rings (SSSR count). The first-order chi connectivity index (χ1) is 9.98. The number of methoxy groups -OCH3 is 1. The molecule has 0 spiro atoms. The maximum Gasteiger partial charge on any atom is 0.235 e. The highest BCUT2D eigenvalue weighted by molar-refractivity contribution is 7.92. The van der Waals surface area contributed by atoms with E-state index in [2.05, 4.69) is 4.99 Å². The first-order valence-electron chi connectivity index (χ1n) is 6.63. The monoisotopic (exact) mass is 309 g/mol. The van der Waals surface area contributed by atoms with E-state index in [4.69, 9.17) is 9.47 Å². The van der Waals surface area contributed by atoms with E-state index in [1.807, 2.05) is 6.07 Å². The maximum atomic E-state index is 11.1. The van der Waals surface area contributed by atoms with Crippen LogP contribution in [0.15, 0.2) is 23.2 Å². The van der Waals surface area contributed by atoms with Gasteiger partial charge in [0.15, 0.2) is 21.3 Å². The number of sulfone groups is 1. The number of rotatable bonds is 5. The first kappa shape index (κ1) is 14.1. The van der Waals surface area contributed by atoms with Crippen molar-refractivity contribution in [1.29, 1.82) is 0 Å². The lowest BCUT2D eigenvalue weighted by molar-refractivity contribution is 0.219. The van der Waals surface area contributed by atoms with E-state index in [9.17, 15) is 13.2 Å². The number of hydrogen-bond acceptors (Lipinski definition) is 6. The molecular formula is C14H15NO5S. The zero-order chi connectivity index (χ0) is 15.1. The molecule has 6 nitrogen and oxygen atoms in total. The summed E-state index contributed by atoms with van der Waals surface area (Å²) in [5.74, 6) is 1.10. The lowest BCUT2D eigenvalue weighted by Crippen LogP contribution is -2.45. The average Bonchev–Trinajstić information content (AvgIpc) is 3.18. The van der Waals surface area contributed by atoms with Gasteiger partial charge in [0.2, 0.25) is 6.08 Å². The van der Waals surface area contributed by atoms with E-state index in [1.54, 1.807) is 18.2 Å². The fourth-order valence-corrected chi connectivity index (χ4v) is 3.66. The van der Waals surface area contributed by atoms with E-state index < -0.39 is 15.4 Å². The molecule has 0 amide bonds. The fraction of sp³-hybridized carbons (Fsp3) is 0.500. The van der Waals surface area contributed by atoms with Crippen LogP contribution in [0.4, 0.5) is 0 Å². The fourth-order valence-electron chi connectivity index (χ4n) is 2.49. The van der Waals surface area contributed by atoms with Crippen molar-refractivity contribution >= 4 is 15.9 Å². The average molecular weight is 309 g/mol. The molecule has 2 aliphatic rings. The lowest BCUT2D eigenvalue weighted by atomic mass is 10.0. The van der Waals surface area contributed by atoms with E-state index in [0.717, 1.165) is 18.4 Å². The maximum absolute atomic E-state index is 11.1. The van der Waals surface area contributed by atoms with Crippen LogP contribution in [0.5, 0.6) is 11.5 Å². The SMILES string of the molecule is COc1cc(C2(N=C=O)CC2)ccc1OC1CS(=O)(=O)C1. The summed E-state index contributed by atoms with van der Waals surface area (Å²) in [4.78, 5) is 14.4. The molecule has 1 aliphatic carbocycles. The molecule has 0 radical (unpaired) electrons. The Bertz CT molecular complexity index is 705. The van der Waals surface area contributed by atoms with Crippen molar-refractivity contribution in [2.75, 3.05) is 18.6 Å². The predicted octanol–water partition coefficient (Wildman–Crippen LogP) is 1.20. The third-order valence-corrected chi connectivity index (χ3v) is 5.62. The third-order valence-electron chi connectivity index (χ3n) is 3.86. The molecule has 1 aromatic rings. The van der Waals surface area contributed by atoms with Gasteiger partial charge in [-0.05, 0) is 30.5 Å². The van der Waals surface area contributed by atoms with Crippen molar-refractivity contribution in [1.82, 2.24) is 0 Å². The number of ether oxygens (including phenoxy) is 2. The van der Waals surface area contributed by atoms with Crippen LogP contribution >= 0.6 is 0 Å². The highest BCUT2D eigenvalue weighted by Crippen LogP contribution is 2.50. The molecule has 0 atom stereocenters. The zero-order valence-corrected chi connectivity index (χ0v) is 12.4. The van der Waals surface area contributed by atoms with E-state index in [0.29, 0.717) is 11.5 Å². The molecule has 0 unspecified atom stereocenters. The van der Waals surface area contributed by atoms with Gasteiger partial charge in [-0.2, -0.15) is 4.99 Å². The Morgan fingerprint density at radius 3 is 2.52 bits per heavy atom. The quantitative estimate of drug-likeness (QED) is 0.603. The second kappa shape index (κ2) is 4.86. The molecule has 112 valence electrons. The highest BCUT2D eigenvalue weighted by atomic mass is 32.2. The van der Waals surface area contributed by atoms with Gasteiger partial charge in [0.25, 0.3) is 0 Å². The van der Waals surface area contributed by atoms with E-state index >= 15 is 0 Å². The number of carbonyl (C=O) groups excluding carboxylic acids is 1. The van der Waals surface area contributed by atoms with Gasteiger partial charge in [0, 0.05) is 0 Å². The van der Waals surface area contributed by atoms with Crippen molar-refractivity contribution in [3.63, 3.8) is 0 Å². The third kappa shape index (κ3) is 2.66. The first-order valence-corrected chi connectivity index (χ1v) is 8.45. The number of hydrogen-bond donors (Lipinski definition) is 0. The summed E-state index contributed by atoms with van der Waals surface area (Å²) in [5, 5.41) is 0. The Morgan fingerprint density at radius 1 is 1.29 bits per heavy atom. The van der Waals surface area contributed by atoms with Crippen molar-refractivity contribution in [3.05, 3.63) is 23.8 Å². The van der Waals surface area contributed by atoms with Gasteiger partial charge in [-0.3, -0.25) is 0 Å². The summed E-state index contributed by atoms with van der Waals surface area (Å²) < 4.78 is 33.2. The second-order valence-corrected chi connectivity index (χ2v) is 7.57. The smallest absolute Gasteiger partial charge is 0.235 e. The van der Waals surface area contributed by atoms with E-state index in [-0.39, 0.29) is 17.6 Å². The molecular weight excluding hydrogens is 294 g/mol. The minimum absolute atomic E-state index is 0.0390. The molecule has 21 heavy (non-hydrogen) atoms. The number of nitrogens with zero attached hydrogens (tertiary/aromatic N) is 1. The van der Waals surface area contributed by atoms with Crippen LogP contribution in [0.1, 0.15) is 18.4 Å². The van der Waals surface area contributed by atoms with Crippen LogP contribution in [-0.2, 0) is 20.2 Å². The topological polar surface area (TPSA) is 82.0 Å². The Kier molecular flexibility index (Phi) is 3.26. The summed E-state index contributed by atoms with van der Waals surface area (Å²) in [6.07, 6.45) is 2.92. The van der Waals surface area contributed by atoms with Crippen LogP contribution in [0.3, 0.4) is 0 Å². The van der Waals surface area contributed by atoms with Gasteiger partial charge in [-0.1, -0.05) is 6.07 Å². The molecule has 1 saturated heterocycles. The van der Waals surface area contributed by atoms with Crippen LogP contribution in [0.25, 0.3) is 0 Å². The Balaban J connectivity index is 1.81. The zero-order valence-electron chi connectivity index (χ0n) is 11.5. The van der Waals surface area contributed by atoms with Gasteiger partial charge in [0.1, 0.15) is 6.10 Å². The second-order valence-electron chi connectivity index (χ2n) is 5.42. The molecule has 1 heterocycles. The molecule has 1 aliphatic heterocycles. The molecule has 1 saturated carbocycles. The van der Waals surface area contributed by atoms with Crippen molar-refractivity contribution < 1.29 is 22.7 Å². The van der Waals surface area contributed by atoms with Crippen molar-refractivity contribution in [2.45, 2.75) is 24.5 Å². The summed E-state index contributed by atoms with van der Waals surface area (Å²) >= 11 is 0. The van der Waals surface area contributed by atoms with Gasteiger partial charge in [-0.15, -0.1) is 0 Å². The van der Waals surface area contributed by atoms with Crippen LogP contribution in [-0.4, -0.2) is 39.2 Å². The van der Waals surface area contributed by atoms with Gasteiger partial charge < -0.3 is 9.47 Å². The van der Waals surface area contributed by atoms with Gasteiger partial charge in [-0.25, -0.2) is 13.2 Å². The van der Waals surface area contributed by atoms with Gasteiger partial charge in [0.05, 0.1) is 24.2 Å². The van der Waals surface area contributed by atoms with E-state index in [1.165, 1.54) is 7.11 Å². The molecule has 0 N–H and O–H groups in total. The summed E-state index contributed by atoms with van der Waals surface area (Å²) in [6, 6.07) is 5.36. The van der Waals surface area contributed by atoms with Crippen LogP contribution in [0, 0.1) is 0 Å². The molecule has 7 heteroatoms. The molecule has 2 fully saturated rings. The molecule has 1 aromatic carbocycles. The molecule has 0 bridgehead atoms. The summed E-state index contributed by atoms with van der Waals surface area (Å²) in [5.41, 5.74) is 0.421. The van der Waals surface area contributed by atoms with Crippen LogP contribution < -0.4 is 9.47 Å². The largest absolute Gasteiger partial charge is 0.493 e. The standard InChI is InChI=1S/C14H15NO5S/c1-19-13-6-10(14(4-5-14)15-9-16)2-3-12(13)20-11-7-21(17,18)8-11/h2-3,6,11H,4-5,7-8H2,1H3. The normalized spacial score (nSPS) is 21.8. The Morgan fingerprint density at radius 2 is 2.00 bits per heavy atom.